The first-order chi connectivity index (χ1) is 8.84. The van der Waals surface area contributed by atoms with Crippen LogP contribution in [-0.2, 0) is 14.2 Å². The minimum atomic E-state index is -0.538. The van der Waals surface area contributed by atoms with E-state index in [1.165, 1.54) is 6.20 Å². The summed E-state index contributed by atoms with van der Waals surface area (Å²) >= 11 is 0. The number of anilines is 1. The molecule has 3 rings (SSSR count). The Morgan fingerprint density at radius 2 is 1.89 bits per heavy atom. The number of rotatable bonds is 2. The SMILES string of the molecule is [O-][n+]1ccc(N2CCOCC2)cc1C1OCCO1. The third-order valence-corrected chi connectivity index (χ3v) is 3.17. The fraction of sp³-hybridized carbons (Fsp3) is 0.583. The van der Waals surface area contributed by atoms with Crippen molar-refractivity contribution in [2.75, 3.05) is 44.4 Å². The third-order valence-electron chi connectivity index (χ3n) is 3.17. The summed E-state index contributed by atoms with van der Waals surface area (Å²) < 4.78 is 16.9. The molecule has 2 saturated heterocycles. The summed E-state index contributed by atoms with van der Waals surface area (Å²) in [5.74, 6) is 0. The van der Waals surface area contributed by atoms with Crippen LogP contribution in [0, 0.1) is 5.21 Å². The summed E-state index contributed by atoms with van der Waals surface area (Å²) in [6.45, 7) is 4.19. The molecule has 0 bridgehead atoms. The molecular weight excluding hydrogens is 236 g/mol. The minimum Gasteiger partial charge on any atom is -0.618 e. The maximum Gasteiger partial charge on any atom is 0.251 e. The maximum atomic E-state index is 11.8. The molecule has 0 saturated carbocycles. The molecule has 0 aliphatic carbocycles. The monoisotopic (exact) mass is 252 g/mol. The normalized spacial score (nSPS) is 21.4. The topological polar surface area (TPSA) is 57.9 Å². The first kappa shape index (κ1) is 11.7. The lowest BCUT2D eigenvalue weighted by Gasteiger charge is -2.28. The van der Waals surface area contributed by atoms with Gasteiger partial charge in [-0.1, -0.05) is 0 Å². The Labute approximate surface area is 105 Å². The molecule has 18 heavy (non-hydrogen) atoms. The van der Waals surface area contributed by atoms with E-state index in [1.54, 1.807) is 0 Å². The molecule has 6 heteroatoms. The van der Waals surface area contributed by atoms with E-state index < -0.39 is 6.29 Å². The predicted molar refractivity (Wildman–Crippen MR) is 63.1 cm³/mol. The van der Waals surface area contributed by atoms with Crippen molar-refractivity contribution in [1.82, 2.24) is 0 Å². The van der Waals surface area contributed by atoms with Gasteiger partial charge in [0.15, 0.2) is 6.20 Å². The lowest BCUT2D eigenvalue weighted by molar-refractivity contribution is -0.622. The number of aromatic nitrogens is 1. The van der Waals surface area contributed by atoms with Crippen molar-refractivity contribution in [1.29, 1.82) is 0 Å². The van der Waals surface area contributed by atoms with E-state index in [-0.39, 0.29) is 0 Å². The van der Waals surface area contributed by atoms with Crippen molar-refractivity contribution in [3.63, 3.8) is 0 Å². The van der Waals surface area contributed by atoms with Crippen molar-refractivity contribution in [2.24, 2.45) is 0 Å². The minimum absolute atomic E-state index is 0.511. The second kappa shape index (κ2) is 5.09. The zero-order valence-electron chi connectivity index (χ0n) is 10.1. The van der Waals surface area contributed by atoms with Crippen molar-refractivity contribution in [2.45, 2.75) is 6.29 Å². The van der Waals surface area contributed by atoms with Gasteiger partial charge in [0.1, 0.15) is 0 Å². The Bertz CT molecular complexity index is 415. The molecule has 0 aromatic carbocycles. The number of nitrogens with zero attached hydrogens (tertiary/aromatic N) is 2. The fourth-order valence-corrected chi connectivity index (χ4v) is 2.21. The van der Waals surface area contributed by atoms with Crippen LogP contribution in [-0.4, -0.2) is 39.5 Å². The average Bonchev–Trinajstić information content (AvgIpc) is 2.94. The molecule has 3 heterocycles. The van der Waals surface area contributed by atoms with Crippen LogP contribution in [0.25, 0.3) is 0 Å². The lowest BCUT2D eigenvalue weighted by atomic mass is 10.2. The molecule has 0 spiro atoms. The van der Waals surface area contributed by atoms with Gasteiger partial charge < -0.3 is 24.3 Å². The van der Waals surface area contributed by atoms with Gasteiger partial charge in [0.05, 0.1) is 26.4 Å². The number of morpholine rings is 1. The summed E-state index contributed by atoms with van der Waals surface area (Å²) in [6.07, 6.45) is 0.967. The van der Waals surface area contributed by atoms with E-state index in [0.717, 1.165) is 36.7 Å². The summed E-state index contributed by atoms with van der Waals surface area (Å²) in [5, 5.41) is 11.8. The van der Waals surface area contributed by atoms with E-state index in [1.807, 2.05) is 12.1 Å². The van der Waals surface area contributed by atoms with E-state index in [9.17, 15) is 5.21 Å². The molecule has 0 amide bonds. The fourth-order valence-electron chi connectivity index (χ4n) is 2.21. The second-order valence-electron chi connectivity index (χ2n) is 4.31. The lowest BCUT2D eigenvalue weighted by Crippen LogP contribution is -2.38. The molecule has 0 N–H and O–H groups in total. The Balaban J connectivity index is 1.84. The Morgan fingerprint density at radius 1 is 1.17 bits per heavy atom. The molecule has 1 aromatic heterocycles. The summed E-state index contributed by atoms with van der Waals surface area (Å²) in [5.41, 5.74) is 1.52. The van der Waals surface area contributed by atoms with Gasteiger partial charge in [0.2, 0.25) is 6.29 Å². The number of pyridine rings is 1. The highest BCUT2D eigenvalue weighted by atomic mass is 16.7. The zero-order chi connectivity index (χ0) is 12.4. The molecule has 6 nitrogen and oxygen atoms in total. The van der Waals surface area contributed by atoms with E-state index >= 15 is 0 Å². The van der Waals surface area contributed by atoms with Crippen LogP contribution in [0.1, 0.15) is 12.0 Å². The van der Waals surface area contributed by atoms with Crippen molar-refractivity contribution < 1.29 is 18.9 Å². The van der Waals surface area contributed by atoms with Gasteiger partial charge in [-0.3, -0.25) is 0 Å². The summed E-state index contributed by atoms with van der Waals surface area (Å²) in [7, 11) is 0. The van der Waals surface area contributed by atoms with Crippen molar-refractivity contribution in [3.05, 3.63) is 29.2 Å². The molecule has 2 fully saturated rings. The number of hydrogen-bond acceptors (Lipinski definition) is 5. The highest BCUT2D eigenvalue weighted by Crippen LogP contribution is 2.24. The quantitative estimate of drug-likeness (QED) is 0.556. The van der Waals surface area contributed by atoms with E-state index in [4.69, 9.17) is 14.2 Å². The van der Waals surface area contributed by atoms with E-state index in [2.05, 4.69) is 4.90 Å². The summed E-state index contributed by atoms with van der Waals surface area (Å²) in [6, 6.07) is 3.66. The predicted octanol–water partition coefficient (Wildman–Crippen LogP) is 0.202. The van der Waals surface area contributed by atoms with Crippen LogP contribution in [0.15, 0.2) is 18.3 Å². The van der Waals surface area contributed by atoms with Gasteiger partial charge in [-0.2, -0.15) is 4.73 Å². The van der Waals surface area contributed by atoms with Gasteiger partial charge in [-0.15, -0.1) is 0 Å². The highest BCUT2D eigenvalue weighted by molar-refractivity contribution is 5.46. The first-order valence-corrected chi connectivity index (χ1v) is 6.13. The van der Waals surface area contributed by atoms with Gasteiger partial charge >= 0.3 is 0 Å². The van der Waals surface area contributed by atoms with Crippen LogP contribution < -0.4 is 9.63 Å². The second-order valence-corrected chi connectivity index (χ2v) is 4.31. The van der Waals surface area contributed by atoms with Crippen LogP contribution in [0.3, 0.4) is 0 Å². The van der Waals surface area contributed by atoms with Gasteiger partial charge in [0.25, 0.3) is 5.69 Å². The first-order valence-electron chi connectivity index (χ1n) is 6.13. The zero-order valence-corrected chi connectivity index (χ0v) is 10.1. The average molecular weight is 252 g/mol. The van der Waals surface area contributed by atoms with Gasteiger partial charge in [-0.05, 0) is 0 Å². The molecule has 0 atom stereocenters. The van der Waals surface area contributed by atoms with Gasteiger partial charge in [0, 0.05) is 30.9 Å². The molecule has 0 radical (unpaired) electrons. The summed E-state index contributed by atoms with van der Waals surface area (Å²) in [4.78, 5) is 2.20. The number of hydrogen-bond donors (Lipinski definition) is 0. The molecule has 1 aromatic rings. The van der Waals surface area contributed by atoms with Crippen LogP contribution in [0.5, 0.6) is 0 Å². The Hall–Kier alpha value is -1.37. The molecule has 0 unspecified atom stereocenters. The van der Waals surface area contributed by atoms with Crippen molar-refractivity contribution >= 4 is 5.69 Å². The molecule has 2 aliphatic heterocycles. The van der Waals surface area contributed by atoms with Crippen molar-refractivity contribution in [3.8, 4) is 0 Å². The number of ether oxygens (including phenoxy) is 3. The largest absolute Gasteiger partial charge is 0.618 e. The molecule has 2 aliphatic rings. The highest BCUT2D eigenvalue weighted by Gasteiger charge is 2.27. The third kappa shape index (κ3) is 2.27. The molecular formula is C12H16N2O4. The van der Waals surface area contributed by atoms with E-state index in [0.29, 0.717) is 18.9 Å². The Kier molecular flexibility index (Phi) is 3.31. The van der Waals surface area contributed by atoms with Crippen LogP contribution in [0.4, 0.5) is 5.69 Å². The smallest absolute Gasteiger partial charge is 0.251 e. The molecule has 98 valence electrons. The van der Waals surface area contributed by atoms with Gasteiger partial charge in [-0.25, -0.2) is 0 Å². The Morgan fingerprint density at radius 3 is 2.61 bits per heavy atom. The van der Waals surface area contributed by atoms with Crippen LogP contribution in [0.2, 0.25) is 0 Å². The maximum absolute atomic E-state index is 11.8. The van der Waals surface area contributed by atoms with Crippen LogP contribution >= 0.6 is 0 Å². The standard InChI is InChI=1S/C12H16N2O4/c15-14-2-1-10(13-3-5-16-6-4-13)9-11(14)12-17-7-8-18-12/h1-2,9,12H,3-8H2.